The predicted molar refractivity (Wildman–Crippen MR) is 95.8 cm³/mol. The molecule has 124 valence electrons. The minimum Gasteiger partial charge on any atom is -0.490 e. The van der Waals surface area contributed by atoms with E-state index in [1.807, 2.05) is 43.3 Å². The highest BCUT2D eigenvalue weighted by Crippen LogP contribution is 2.37. The van der Waals surface area contributed by atoms with Crippen LogP contribution in [0.1, 0.15) is 25.0 Å². The average Bonchev–Trinajstić information content (AvgIpc) is 2.54. The summed E-state index contributed by atoms with van der Waals surface area (Å²) in [6.07, 6.45) is 0. The van der Waals surface area contributed by atoms with E-state index in [-0.39, 0.29) is 0 Å². The van der Waals surface area contributed by atoms with E-state index in [0.29, 0.717) is 34.8 Å². The van der Waals surface area contributed by atoms with Gasteiger partial charge in [0.1, 0.15) is 6.61 Å². The van der Waals surface area contributed by atoms with E-state index in [0.717, 1.165) is 24.2 Å². The van der Waals surface area contributed by atoms with Crippen molar-refractivity contribution >= 4 is 23.2 Å². The van der Waals surface area contributed by atoms with E-state index in [1.54, 1.807) is 0 Å². The van der Waals surface area contributed by atoms with Crippen molar-refractivity contribution in [2.45, 2.75) is 27.0 Å². The largest absolute Gasteiger partial charge is 0.490 e. The van der Waals surface area contributed by atoms with Crippen LogP contribution in [0.3, 0.4) is 0 Å². The molecule has 0 heterocycles. The molecule has 0 bridgehead atoms. The van der Waals surface area contributed by atoms with Crippen LogP contribution in [0.5, 0.6) is 11.5 Å². The van der Waals surface area contributed by atoms with Gasteiger partial charge in [0, 0.05) is 11.6 Å². The second kappa shape index (κ2) is 9.02. The highest BCUT2D eigenvalue weighted by atomic mass is 35.5. The SMILES string of the molecule is CCNCc1cc(Cl)c(OCc2ccc(Cl)cc2)c(OCC)c1. The van der Waals surface area contributed by atoms with Gasteiger partial charge in [-0.15, -0.1) is 0 Å². The van der Waals surface area contributed by atoms with Crippen molar-refractivity contribution in [3.05, 3.63) is 57.6 Å². The number of nitrogens with one attached hydrogen (secondary N) is 1. The molecule has 0 atom stereocenters. The quantitative estimate of drug-likeness (QED) is 0.717. The van der Waals surface area contributed by atoms with Gasteiger partial charge in [0.05, 0.1) is 11.6 Å². The van der Waals surface area contributed by atoms with Gasteiger partial charge in [-0.1, -0.05) is 42.3 Å². The minimum atomic E-state index is 0.406. The summed E-state index contributed by atoms with van der Waals surface area (Å²) in [5.41, 5.74) is 2.09. The topological polar surface area (TPSA) is 30.5 Å². The van der Waals surface area contributed by atoms with Crippen LogP contribution in [0.2, 0.25) is 10.0 Å². The van der Waals surface area contributed by atoms with Gasteiger partial charge in [-0.2, -0.15) is 0 Å². The van der Waals surface area contributed by atoms with Gasteiger partial charge in [0.25, 0.3) is 0 Å². The third-order valence-electron chi connectivity index (χ3n) is 3.24. The third kappa shape index (κ3) is 5.31. The fourth-order valence-corrected chi connectivity index (χ4v) is 2.55. The molecule has 5 heteroatoms. The fraction of sp³-hybridized carbons (Fsp3) is 0.333. The van der Waals surface area contributed by atoms with Crippen LogP contribution in [0.15, 0.2) is 36.4 Å². The van der Waals surface area contributed by atoms with Crippen LogP contribution in [0.25, 0.3) is 0 Å². The Morgan fingerprint density at radius 3 is 2.35 bits per heavy atom. The van der Waals surface area contributed by atoms with E-state index in [1.165, 1.54) is 0 Å². The summed E-state index contributed by atoms with van der Waals surface area (Å²) in [4.78, 5) is 0. The van der Waals surface area contributed by atoms with E-state index >= 15 is 0 Å². The first-order valence-corrected chi connectivity index (χ1v) is 8.42. The van der Waals surface area contributed by atoms with Gasteiger partial charge < -0.3 is 14.8 Å². The minimum absolute atomic E-state index is 0.406. The molecule has 0 radical (unpaired) electrons. The summed E-state index contributed by atoms with van der Waals surface area (Å²) >= 11 is 12.3. The molecule has 2 rings (SSSR count). The van der Waals surface area contributed by atoms with Gasteiger partial charge in [-0.3, -0.25) is 0 Å². The van der Waals surface area contributed by atoms with Gasteiger partial charge in [0.2, 0.25) is 0 Å². The van der Waals surface area contributed by atoms with Crippen LogP contribution < -0.4 is 14.8 Å². The Morgan fingerprint density at radius 2 is 1.70 bits per heavy atom. The van der Waals surface area contributed by atoms with Crippen LogP contribution >= 0.6 is 23.2 Å². The standard InChI is InChI=1S/C18H21Cl2NO2/c1-3-21-11-14-9-16(20)18(17(10-14)22-4-2)23-12-13-5-7-15(19)8-6-13/h5-10,21H,3-4,11-12H2,1-2H3. The van der Waals surface area contributed by atoms with Crippen molar-refractivity contribution in [1.82, 2.24) is 5.32 Å². The molecule has 0 unspecified atom stereocenters. The predicted octanol–water partition coefficient (Wildman–Crippen LogP) is 5.08. The molecule has 1 N–H and O–H groups in total. The maximum absolute atomic E-state index is 6.39. The lowest BCUT2D eigenvalue weighted by atomic mass is 10.2. The highest BCUT2D eigenvalue weighted by Gasteiger charge is 2.13. The number of benzene rings is 2. The van der Waals surface area contributed by atoms with Crippen molar-refractivity contribution in [2.24, 2.45) is 0 Å². The van der Waals surface area contributed by atoms with Crippen molar-refractivity contribution < 1.29 is 9.47 Å². The summed E-state index contributed by atoms with van der Waals surface area (Å²) in [5, 5.41) is 4.53. The zero-order valence-corrected chi connectivity index (χ0v) is 14.9. The van der Waals surface area contributed by atoms with Crippen molar-refractivity contribution in [2.75, 3.05) is 13.2 Å². The van der Waals surface area contributed by atoms with E-state index in [9.17, 15) is 0 Å². The van der Waals surface area contributed by atoms with Crippen molar-refractivity contribution in [3.63, 3.8) is 0 Å². The molecule has 0 saturated carbocycles. The van der Waals surface area contributed by atoms with Crippen molar-refractivity contribution in [1.29, 1.82) is 0 Å². The molecule has 2 aromatic carbocycles. The fourth-order valence-electron chi connectivity index (χ4n) is 2.13. The first-order chi connectivity index (χ1) is 11.1. The van der Waals surface area contributed by atoms with E-state index in [2.05, 4.69) is 12.2 Å². The number of hydrogen-bond acceptors (Lipinski definition) is 3. The summed E-state index contributed by atoms with van der Waals surface area (Å²) in [6, 6.07) is 11.4. The number of hydrogen-bond donors (Lipinski definition) is 1. The lowest BCUT2D eigenvalue weighted by Gasteiger charge is -2.15. The van der Waals surface area contributed by atoms with E-state index < -0.39 is 0 Å². The molecule has 0 aliphatic carbocycles. The van der Waals surface area contributed by atoms with Crippen LogP contribution in [-0.2, 0) is 13.2 Å². The second-order valence-corrected chi connectivity index (χ2v) is 5.88. The van der Waals surface area contributed by atoms with Gasteiger partial charge in [0.15, 0.2) is 11.5 Å². The van der Waals surface area contributed by atoms with Crippen LogP contribution in [0.4, 0.5) is 0 Å². The summed E-state index contributed by atoms with van der Waals surface area (Å²) in [6.45, 7) is 6.61. The summed E-state index contributed by atoms with van der Waals surface area (Å²) in [7, 11) is 0. The molecular formula is C18H21Cl2NO2. The molecule has 0 saturated heterocycles. The zero-order chi connectivity index (χ0) is 16.7. The lowest BCUT2D eigenvalue weighted by molar-refractivity contribution is 0.269. The van der Waals surface area contributed by atoms with Gasteiger partial charge in [-0.05, 0) is 48.9 Å². The molecule has 0 aromatic heterocycles. The molecule has 0 spiro atoms. The number of rotatable bonds is 8. The summed E-state index contributed by atoms with van der Waals surface area (Å²) < 4.78 is 11.6. The van der Waals surface area contributed by atoms with Gasteiger partial charge in [-0.25, -0.2) is 0 Å². The highest BCUT2D eigenvalue weighted by molar-refractivity contribution is 6.32. The Balaban J connectivity index is 2.16. The Labute approximate surface area is 147 Å². The third-order valence-corrected chi connectivity index (χ3v) is 3.78. The van der Waals surface area contributed by atoms with Crippen LogP contribution in [-0.4, -0.2) is 13.2 Å². The van der Waals surface area contributed by atoms with Crippen LogP contribution in [0, 0.1) is 0 Å². The first kappa shape index (κ1) is 17.9. The Morgan fingerprint density at radius 1 is 0.957 bits per heavy atom. The summed E-state index contributed by atoms with van der Waals surface area (Å²) in [5.74, 6) is 1.24. The molecule has 0 aliphatic heterocycles. The van der Waals surface area contributed by atoms with Gasteiger partial charge >= 0.3 is 0 Å². The number of ether oxygens (including phenoxy) is 2. The molecule has 0 fully saturated rings. The Hall–Kier alpha value is -1.42. The molecule has 0 amide bonds. The molecule has 0 aliphatic rings. The molecular weight excluding hydrogens is 333 g/mol. The normalized spacial score (nSPS) is 10.6. The smallest absolute Gasteiger partial charge is 0.180 e. The van der Waals surface area contributed by atoms with Crippen molar-refractivity contribution in [3.8, 4) is 11.5 Å². The number of halogens is 2. The average molecular weight is 354 g/mol. The maximum atomic E-state index is 6.39. The molecule has 23 heavy (non-hydrogen) atoms. The molecule has 2 aromatic rings. The Kier molecular flexibility index (Phi) is 7.03. The Bertz CT molecular complexity index is 630. The lowest BCUT2D eigenvalue weighted by Crippen LogP contribution is -2.12. The van der Waals surface area contributed by atoms with E-state index in [4.69, 9.17) is 32.7 Å². The first-order valence-electron chi connectivity index (χ1n) is 7.67. The molecule has 3 nitrogen and oxygen atoms in total. The monoisotopic (exact) mass is 353 g/mol. The maximum Gasteiger partial charge on any atom is 0.180 e. The zero-order valence-electron chi connectivity index (χ0n) is 13.4. The second-order valence-electron chi connectivity index (χ2n) is 5.03.